The molecule has 8 heteroatoms. The number of thiocarbonyl (C=S) groups is 1. The van der Waals surface area contributed by atoms with Crippen LogP contribution in [0.25, 0.3) is 0 Å². The Balaban J connectivity index is 1.44. The zero-order valence-corrected chi connectivity index (χ0v) is 16.7. The molecule has 0 bridgehead atoms. The van der Waals surface area contributed by atoms with Gasteiger partial charge in [-0.2, -0.15) is 5.10 Å². The number of nitrogens with one attached hydrogen (secondary N) is 1. The molecule has 0 spiro atoms. The second-order valence-electron chi connectivity index (χ2n) is 6.63. The van der Waals surface area contributed by atoms with Crippen LogP contribution < -0.4 is 5.43 Å². The number of piperazine rings is 1. The van der Waals surface area contributed by atoms with Crippen LogP contribution >= 0.6 is 12.2 Å². The van der Waals surface area contributed by atoms with Gasteiger partial charge in [-0.15, -0.1) is 0 Å². The van der Waals surface area contributed by atoms with Gasteiger partial charge in [0.25, 0.3) is 0 Å². The van der Waals surface area contributed by atoms with Crippen LogP contribution in [0.3, 0.4) is 0 Å². The van der Waals surface area contributed by atoms with Crippen molar-refractivity contribution < 1.29 is 4.74 Å². The maximum absolute atomic E-state index is 5.75. The Kier molecular flexibility index (Phi) is 7.67. The molecule has 146 valence electrons. The van der Waals surface area contributed by atoms with E-state index in [9.17, 15) is 0 Å². The molecule has 3 heterocycles. The van der Waals surface area contributed by atoms with Crippen LogP contribution in [0.2, 0.25) is 0 Å². The van der Waals surface area contributed by atoms with Crippen molar-refractivity contribution in [2.24, 2.45) is 15.1 Å². The quantitative estimate of drug-likeness (QED) is 0.443. The zero-order valence-electron chi connectivity index (χ0n) is 15.9. The van der Waals surface area contributed by atoms with Crippen molar-refractivity contribution in [2.75, 3.05) is 39.3 Å². The van der Waals surface area contributed by atoms with Crippen molar-refractivity contribution in [3.63, 3.8) is 0 Å². The average Bonchev–Trinajstić information content (AvgIpc) is 2.72. The molecule has 27 heavy (non-hydrogen) atoms. The number of hydrogen-bond acceptors (Lipinski definition) is 6. The topological polar surface area (TPSA) is 64.8 Å². The Morgan fingerprint density at radius 2 is 2.26 bits per heavy atom. The summed E-state index contributed by atoms with van der Waals surface area (Å²) in [5, 5.41) is 5.22. The molecule has 0 aromatic heterocycles. The molecule has 0 aromatic carbocycles. The molecule has 0 saturated carbocycles. The van der Waals surface area contributed by atoms with Gasteiger partial charge in [0.1, 0.15) is 6.10 Å². The third-order valence-electron chi connectivity index (χ3n) is 4.72. The molecule has 1 atom stereocenters. The summed E-state index contributed by atoms with van der Waals surface area (Å²) in [5.74, 6) is 0. The van der Waals surface area contributed by atoms with Crippen LogP contribution in [0.15, 0.2) is 39.6 Å². The van der Waals surface area contributed by atoms with E-state index in [-0.39, 0.29) is 6.10 Å². The lowest BCUT2D eigenvalue weighted by molar-refractivity contribution is 0.0996. The van der Waals surface area contributed by atoms with Crippen molar-refractivity contribution in [3.8, 4) is 0 Å². The summed E-state index contributed by atoms with van der Waals surface area (Å²) in [6.45, 7) is 7.45. The molecule has 0 aromatic rings. The van der Waals surface area contributed by atoms with Crippen LogP contribution in [0, 0.1) is 0 Å². The zero-order chi connectivity index (χ0) is 18.9. The van der Waals surface area contributed by atoms with Gasteiger partial charge in [-0.05, 0) is 25.1 Å². The van der Waals surface area contributed by atoms with Crippen LogP contribution in [0.1, 0.15) is 26.2 Å². The molecule has 3 aliphatic rings. The van der Waals surface area contributed by atoms with E-state index in [0.29, 0.717) is 11.7 Å². The lowest BCUT2D eigenvalue weighted by atomic mass is 10.00. The number of rotatable bonds is 5. The Bertz CT molecular complexity index is 661. The molecule has 0 aliphatic carbocycles. The lowest BCUT2D eigenvalue weighted by Crippen LogP contribution is -2.51. The first-order chi connectivity index (χ1) is 13.3. The number of hydrogen-bond donors (Lipinski definition) is 1. The highest BCUT2D eigenvalue weighted by Gasteiger charge is 2.27. The molecule has 2 saturated heterocycles. The lowest BCUT2D eigenvalue weighted by Gasteiger charge is -2.35. The molecular formula is C19H28N6OS. The maximum atomic E-state index is 5.75. The second kappa shape index (κ2) is 10.4. The van der Waals surface area contributed by atoms with Gasteiger partial charge >= 0.3 is 0 Å². The van der Waals surface area contributed by atoms with Gasteiger partial charge < -0.3 is 9.64 Å². The minimum Gasteiger partial charge on any atom is -0.371 e. The molecular weight excluding hydrogens is 360 g/mol. The number of nitrogens with zero attached hydrogens (tertiary/aromatic N) is 5. The summed E-state index contributed by atoms with van der Waals surface area (Å²) in [6, 6.07) is 0. The van der Waals surface area contributed by atoms with Crippen LogP contribution in [0.5, 0.6) is 0 Å². The minimum atomic E-state index is 0.0381. The number of aliphatic imine (C=N–C) groups is 2. The predicted molar refractivity (Wildman–Crippen MR) is 115 cm³/mol. The summed E-state index contributed by atoms with van der Waals surface area (Å²) >= 11 is 5.53. The first-order valence-corrected chi connectivity index (χ1v) is 10.0. The summed E-state index contributed by atoms with van der Waals surface area (Å²) in [5.41, 5.74) is 4.95. The SMILES string of the molecule is CCC=N/C=C\CN1CCN(C(=S)N/N=C2/CCOC3CC=CN=C23)CC1. The van der Waals surface area contributed by atoms with E-state index in [2.05, 4.69) is 43.3 Å². The van der Waals surface area contributed by atoms with Gasteiger partial charge in [-0.1, -0.05) is 19.1 Å². The van der Waals surface area contributed by atoms with Gasteiger partial charge in [0.2, 0.25) is 0 Å². The van der Waals surface area contributed by atoms with Crippen LogP contribution in [0.4, 0.5) is 0 Å². The largest absolute Gasteiger partial charge is 0.371 e. The molecule has 0 amide bonds. The average molecular weight is 389 g/mol. The van der Waals surface area contributed by atoms with Crippen LogP contribution in [-0.2, 0) is 4.74 Å². The third kappa shape index (κ3) is 5.79. The standard InChI is InChI=1S/C19H28N6OS/c1-2-7-20-8-4-10-24-11-13-25(14-12-24)19(27)23-22-16-6-15-26-17-5-3-9-21-18(16)17/h3-4,7-9,17H,2,5-6,10-15H2,1H3,(H,23,27)/b8-4-,20-7?,22-16-. The molecule has 2 fully saturated rings. The number of fused-ring (bicyclic) bond motifs is 1. The van der Waals surface area contributed by atoms with Crippen molar-refractivity contribution in [3.05, 3.63) is 24.6 Å². The normalized spacial score (nSPS) is 25.2. The highest BCUT2D eigenvalue weighted by molar-refractivity contribution is 7.80. The molecule has 1 N–H and O–H groups in total. The predicted octanol–water partition coefficient (Wildman–Crippen LogP) is 1.98. The van der Waals surface area contributed by atoms with Crippen molar-refractivity contribution >= 4 is 35.0 Å². The Hall–Kier alpha value is -1.90. The van der Waals surface area contributed by atoms with Crippen LogP contribution in [-0.4, -0.2) is 78.0 Å². The highest BCUT2D eigenvalue weighted by Crippen LogP contribution is 2.16. The minimum absolute atomic E-state index is 0.0381. The first-order valence-electron chi connectivity index (χ1n) is 9.63. The molecule has 7 nitrogen and oxygen atoms in total. The highest BCUT2D eigenvalue weighted by atomic mass is 32.1. The molecule has 3 aliphatic heterocycles. The van der Waals surface area contributed by atoms with E-state index < -0.39 is 0 Å². The smallest absolute Gasteiger partial charge is 0.189 e. The van der Waals surface area contributed by atoms with Gasteiger partial charge in [0.05, 0.1) is 18.0 Å². The van der Waals surface area contributed by atoms with E-state index in [0.717, 1.165) is 63.4 Å². The first kappa shape index (κ1) is 19.9. The molecule has 0 radical (unpaired) electrons. The Morgan fingerprint density at radius 1 is 1.41 bits per heavy atom. The van der Waals surface area contributed by atoms with E-state index in [1.165, 1.54) is 0 Å². The fourth-order valence-electron chi connectivity index (χ4n) is 3.20. The van der Waals surface area contributed by atoms with Gasteiger partial charge in [0, 0.05) is 57.8 Å². The van der Waals surface area contributed by atoms with E-state index in [1.54, 1.807) is 0 Å². The Morgan fingerprint density at radius 3 is 3.07 bits per heavy atom. The number of hydrazone groups is 1. The summed E-state index contributed by atoms with van der Waals surface area (Å²) < 4.78 is 5.75. The monoisotopic (exact) mass is 388 g/mol. The van der Waals surface area contributed by atoms with E-state index in [1.807, 2.05) is 24.7 Å². The maximum Gasteiger partial charge on any atom is 0.189 e. The van der Waals surface area contributed by atoms with E-state index >= 15 is 0 Å². The van der Waals surface area contributed by atoms with Crippen molar-refractivity contribution in [1.29, 1.82) is 0 Å². The van der Waals surface area contributed by atoms with Gasteiger partial charge in [0.15, 0.2) is 5.11 Å². The second-order valence-corrected chi connectivity index (χ2v) is 7.02. The summed E-state index contributed by atoms with van der Waals surface area (Å²) in [6.07, 6.45) is 12.4. The summed E-state index contributed by atoms with van der Waals surface area (Å²) in [7, 11) is 0. The van der Waals surface area contributed by atoms with E-state index in [4.69, 9.17) is 17.0 Å². The number of ether oxygens (including phenoxy) is 1. The fraction of sp³-hybridized carbons (Fsp3) is 0.579. The Labute approximate surface area is 166 Å². The molecule has 3 rings (SSSR count). The third-order valence-corrected chi connectivity index (χ3v) is 5.07. The fourth-order valence-corrected chi connectivity index (χ4v) is 3.43. The molecule has 1 unspecified atom stereocenters. The summed E-state index contributed by atoms with van der Waals surface area (Å²) in [4.78, 5) is 13.2. The van der Waals surface area contributed by atoms with Gasteiger partial charge in [-0.25, -0.2) is 0 Å². The van der Waals surface area contributed by atoms with Gasteiger partial charge in [-0.3, -0.25) is 20.3 Å². The van der Waals surface area contributed by atoms with Crippen molar-refractivity contribution in [2.45, 2.75) is 32.3 Å². The van der Waals surface area contributed by atoms with Crippen molar-refractivity contribution in [1.82, 2.24) is 15.2 Å².